The molecule has 0 spiro atoms. The number of rotatable bonds is 6. The lowest BCUT2D eigenvalue weighted by Gasteiger charge is -2.41. The molecular weight excluding hydrogens is 400 g/mol. The number of benzene rings is 1. The first-order valence-corrected chi connectivity index (χ1v) is 12.0. The molecule has 170 valence electrons. The van der Waals surface area contributed by atoms with E-state index >= 15 is 0 Å². The molecule has 3 aromatic rings. The largest absolute Gasteiger partial charge is 0.478 e. The fraction of sp³-hybridized carbons (Fsp3) is 0.520. The lowest BCUT2D eigenvalue weighted by atomic mass is 9.90. The van der Waals surface area contributed by atoms with E-state index < -0.39 is 0 Å². The highest BCUT2D eigenvalue weighted by Gasteiger charge is 2.28. The van der Waals surface area contributed by atoms with Crippen molar-refractivity contribution in [1.29, 1.82) is 0 Å². The van der Waals surface area contributed by atoms with Crippen LogP contribution in [0.25, 0.3) is 16.9 Å². The highest BCUT2D eigenvalue weighted by Crippen LogP contribution is 2.32. The van der Waals surface area contributed by atoms with Crippen molar-refractivity contribution in [2.75, 3.05) is 39.8 Å². The second-order valence-corrected chi connectivity index (χ2v) is 9.04. The second-order valence-electron chi connectivity index (χ2n) is 9.04. The number of nitrogens with zero attached hydrogens (tertiary/aromatic N) is 6. The normalized spacial score (nSPS) is 22.8. The maximum Gasteiger partial charge on any atom is 0.216 e. The van der Waals surface area contributed by atoms with Crippen molar-refractivity contribution < 1.29 is 4.74 Å². The number of likely N-dealkylation sites (N-methyl/N-ethyl adjacent to an activating group) is 1. The average molecular weight is 435 g/mol. The van der Waals surface area contributed by atoms with E-state index in [0.717, 1.165) is 28.9 Å². The zero-order valence-corrected chi connectivity index (χ0v) is 19.2. The summed E-state index contributed by atoms with van der Waals surface area (Å²) in [5.41, 5.74) is 3.15. The van der Waals surface area contributed by atoms with E-state index in [0.29, 0.717) is 12.6 Å². The predicted molar refractivity (Wildman–Crippen MR) is 126 cm³/mol. The molecule has 3 heterocycles. The van der Waals surface area contributed by atoms with Crippen molar-refractivity contribution in [3.8, 4) is 22.8 Å². The van der Waals surface area contributed by atoms with Crippen LogP contribution in [0.15, 0.2) is 48.8 Å². The molecule has 7 heteroatoms. The van der Waals surface area contributed by atoms with Crippen LogP contribution in [-0.4, -0.2) is 75.2 Å². The number of hydrogen-bond acceptors (Lipinski definition) is 5. The van der Waals surface area contributed by atoms with Gasteiger partial charge in [0.15, 0.2) is 0 Å². The number of hydrogen-bond donors (Lipinski definition) is 0. The molecule has 32 heavy (non-hydrogen) atoms. The first-order valence-electron chi connectivity index (χ1n) is 12.0. The first-order chi connectivity index (χ1) is 15.7. The van der Waals surface area contributed by atoms with Gasteiger partial charge in [-0.2, -0.15) is 10.2 Å². The third kappa shape index (κ3) is 4.45. The van der Waals surface area contributed by atoms with Gasteiger partial charge in [-0.1, -0.05) is 12.1 Å². The quantitative estimate of drug-likeness (QED) is 0.590. The zero-order chi connectivity index (χ0) is 21.9. The summed E-state index contributed by atoms with van der Waals surface area (Å²) in [6.07, 6.45) is 8.92. The van der Waals surface area contributed by atoms with Crippen molar-refractivity contribution in [2.45, 2.75) is 44.7 Å². The van der Waals surface area contributed by atoms with Gasteiger partial charge in [-0.3, -0.25) is 9.58 Å². The molecule has 7 nitrogen and oxygen atoms in total. The summed E-state index contributed by atoms with van der Waals surface area (Å²) < 4.78 is 9.67. The van der Waals surface area contributed by atoms with Gasteiger partial charge in [0, 0.05) is 50.0 Å². The standard InChI is InChI=1S/C25H34N6O/c1-3-32-25-12-14-26-31(25)23-6-4-20(5-7-23)24-13-15-30(27-24)22-10-8-21(9-11-22)29-18-16-28(2)17-19-29/h4-7,12-15,21-22H,3,8-11,16-19H2,1-2H3/t21-,22-. The summed E-state index contributed by atoms with van der Waals surface area (Å²) in [7, 11) is 2.23. The minimum absolute atomic E-state index is 0.518. The van der Waals surface area contributed by atoms with E-state index in [1.165, 1.54) is 51.9 Å². The van der Waals surface area contributed by atoms with Gasteiger partial charge in [0.05, 0.1) is 30.2 Å². The number of ether oxygens (including phenoxy) is 1. The molecule has 0 amide bonds. The van der Waals surface area contributed by atoms with Crippen LogP contribution in [-0.2, 0) is 0 Å². The fourth-order valence-electron chi connectivity index (χ4n) is 5.09. The molecule has 0 radical (unpaired) electrons. The van der Waals surface area contributed by atoms with Gasteiger partial charge in [0.25, 0.3) is 0 Å². The molecule has 0 N–H and O–H groups in total. The summed E-state index contributed by atoms with van der Waals surface area (Å²) in [4.78, 5) is 5.15. The van der Waals surface area contributed by atoms with Crippen LogP contribution < -0.4 is 4.74 Å². The number of piperazine rings is 1. The molecule has 0 atom stereocenters. The van der Waals surface area contributed by atoms with Crippen LogP contribution in [0.1, 0.15) is 38.6 Å². The Hall–Kier alpha value is -2.64. The molecule has 0 bridgehead atoms. The Morgan fingerprint density at radius 1 is 0.906 bits per heavy atom. The Labute approximate surface area is 190 Å². The Morgan fingerprint density at radius 2 is 1.62 bits per heavy atom. The van der Waals surface area contributed by atoms with Crippen molar-refractivity contribution in [3.05, 3.63) is 48.8 Å². The Bertz CT molecular complexity index is 994. The smallest absolute Gasteiger partial charge is 0.216 e. The molecule has 2 aromatic heterocycles. The molecule has 1 saturated heterocycles. The van der Waals surface area contributed by atoms with E-state index in [-0.39, 0.29) is 0 Å². The van der Waals surface area contributed by atoms with Gasteiger partial charge in [-0.25, -0.2) is 4.68 Å². The van der Waals surface area contributed by atoms with Crippen LogP contribution in [0.4, 0.5) is 0 Å². The molecule has 1 saturated carbocycles. The Kier molecular flexibility index (Phi) is 6.28. The van der Waals surface area contributed by atoms with E-state index in [1.807, 2.05) is 17.7 Å². The van der Waals surface area contributed by atoms with E-state index in [1.54, 1.807) is 6.20 Å². The third-order valence-electron chi connectivity index (χ3n) is 7.01. The van der Waals surface area contributed by atoms with Gasteiger partial charge >= 0.3 is 0 Å². The molecule has 1 aliphatic heterocycles. The van der Waals surface area contributed by atoms with Crippen LogP contribution in [0.5, 0.6) is 5.88 Å². The first kappa shape index (κ1) is 21.2. The maximum atomic E-state index is 5.65. The lowest BCUT2D eigenvalue weighted by molar-refractivity contribution is 0.0811. The Morgan fingerprint density at radius 3 is 2.34 bits per heavy atom. The molecule has 1 aromatic carbocycles. The highest BCUT2D eigenvalue weighted by atomic mass is 16.5. The maximum absolute atomic E-state index is 5.65. The van der Waals surface area contributed by atoms with Crippen molar-refractivity contribution >= 4 is 0 Å². The van der Waals surface area contributed by atoms with Crippen LogP contribution in [0, 0.1) is 0 Å². The van der Waals surface area contributed by atoms with Crippen molar-refractivity contribution in [2.24, 2.45) is 0 Å². The van der Waals surface area contributed by atoms with Gasteiger partial charge in [-0.05, 0) is 57.9 Å². The van der Waals surface area contributed by atoms with Crippen LogP contribution >= 0.6 is 0 Å². The zero-order valence-electron chi connectivity index (χ0n) is 19.2. The summed E-state index contributed by atoms with van der Waals surface area (Å²) in [6.45, 7) is 7.45. The summed E-state index contributed by atoms with van der Waals surface area (Å²) >= 11 is 0. The van der Waals surface area contributed by atoms with Crippen molar-refractivity contribution in [3.63, 3.8) is 0 Å². The average Bonchev–Trinajstić information content (AvgIpc) is 3.50. The molecule has 2 aliphatic rings. The molecule has 2 fully saturated rings. The fourth-order valence-corrected chi connectivity index (χ4v) is 5.09. The van der Waals surface area contributed by atoms with Crippen LogP contribution in [0.3, 0.4) is 0 Å². The minimum atomic E-state index is 0.518. The van der Waals surface area contributed by atoms with Gasteiger partial charge in [0.2, 0.25) is 5.88 Å². The SMILES string of the molecule is CCOc1ccnn1-c1ccc(-c2ccn([C@H]3CC[C@H](N4CCN(C)CC4)CC3)n2)cc1. The second kappa shape index (κ2) is 9.46. The predicted octanol–water partition coefficient (Wildman–Crippen LogP) is 3.87. The van der Waals surface area contributed by atoms with E-state index in [2.05, 4.69) is 63.2 Å². The Balaban J connectivity index is 1.21. The molecule has 5 rings (SSSR count). The lowest BCUT2D eigenvalue weighted by Crippen LogP contribution is -2.49. The molecule has 0 unspecified atom stereocenters. The molecular formula is C25H34N6O. The number of aromatic nitrogens is 4. The summed E-state index contributed by atoms with van der Waals surface area (Å²) in [5.74, 6) is 0.761. The third-order valence-corrected chi connectivity index (χ3v) is 7.01. The minimum Gasteiger partial charge on any atom is -0.478 e. The highest BCUT2D eigenvalue weighted by molar-refractivity contribution is 5.60. The van der Waals surface area contributed by atoms with Crippen LogP contribution in [0.2, 0.25) is 0 Å². The summed E-state index contributed by atoms with van der Waals surface area (Å²) in [5, 5.41) is 9.32. The topological polar surface area (TPSA) is 51.4 Å². The summed E-state index contributed by atoms with van der Waals surface area (Å²) in [6, 6.07) is 13.7. The van der Waals surface area contributed by atoms with E-state index in [9.17, 15) is 0 Å². The van der Waals surface area contributed by atoms with Crippen molar-refractivity contribution in [1.82, 2.24) is 29.4 Å². The van der Waals surface area contributed by atoms with E-state index in [4.69, 9.17) is 9.84 Å². The monoisotopic (exact) mass is 434 g/mol. The van der Waals surface area contributed by atoms with Gasteiger partial charge < -0.3 is 9.64 Å². The van der Waals surface area contributed by atoms with Gasteiger partial charge in [-0.15, -0.1) is 0 Å². The van der Waals surface area contributed by atoms with Gasteiger partial charge in [0.1, 0.15) is 0 Å². The molecule has 1 aliphatic carbocycles.